The second-order valence-corrected chi connectivity index (χ2v) is 7.96. The molecule has 2 saturated heterocycles. The molecule has 0 unspecified atom stereocenters. The first kappa shape index (κ1) is 20.3. The topological polar surface area (TPSA) is 98.6 Å². The van der Waals surface area contributed by atoms with E-state index in [0.717, 1.165) is 37.9 Å². The van der Waals surface area contributed by atoms with Gasteiger partial charge in [-0.2, -0.15) is 4.98 Å². The van der Waals surface area contributed by atoms with E-state index in [9.17, 15) is 9.59 Å². The molecule has 0 saturated carbocycles. The number of piperidine rings is 1. The lowest BCUT2D eigenvalue weighted by Crippen LogP contribution is -2.46. The normalized spacial score (nSPS) is 17.9. The van der Waals surface area contributed by atoms with Gasteiger partial charge in [-0.3, -0.25) is 9.59 Å². The van der Waals surface area contributed by atoms with Crippen LogP contribution in [-0.4, -0.2) is 63.9 Å². The minimum absolute atomic E-state index is 0.00312. The Balaban J connectivity index is 1.46. The van der Waals surface area contributed by atoms with Crippen LogP contribution in [0.1, 0.15) is 52.2 Å². The molecule has 9 nitrogen and oxygen atoms in total. The molecule has 1 aromatic heterocycles. The number of aryl methyl sites for hydroxylation is 2. The summed E-state index contributed by atoms with van der Waals surface area (Å²) < 4.78 is 12.4. The van der Waals surface area contributed by atoms with E-state index in [4.69, 9.17) is 9.47 Å². The first-order chi connectivity index (χ1) is 14.4. The molecule has 0 atom stereocenters. The van der Waals surface area contributed by atoms with Crippen molar-refractivity contribution in [3.8, 4) is 6.01 Å². The standard InChI is InChI=1S/C21H27N5O4/c1-14-5-6-15(19(28)26-10-8-21(9-11-26)7-4-12-30-21)13-16(14)22-18(27)17-23-20(29-3)25(2)24-17/h5-6,13H,4,7-12H2,1-3H3,(H,22,27). The third kappa shape index (κ3) is 3.89. The summed E-state index contributed by atoms with van der Waals surface area (Å²) in [5.41, 5.74) is 1.93. The average Bonchev–Trinajstić information content (AvgIpc) is 3.36. The summed E-state index contributed by atoms with van der Waals surface area (Å²) in [5.74, 6) is -0.487. The Morgan fingerprint density at radius 2 is 2.00 bits per heavy atom. The van der Waals surface area contributed by atoms with Crippen LogP contribution in [0, 0.1) is 6.92 Å². The molecule has 4 rings (SSSR count). The highest BCUT2D eigenvalue weighted by atomic mass is 16.5. The minimum Gasteiger partial charge on any atom is -0.467 e. The number of hydrogen-bond acceptors (Lipinski definition) is 6. The number of hydrogen-bond donors (Lipinski definition) is 1. The minimum atomic E-state index is -0.458. The highest BCUT2D eigenvalue weighted by Gasteiger charge is 2.39. The molecular formula is C21H27N5O4. The van der Waals surface area contributed by atoms with Crippen LogP contribution >= 0.6 is 0 Å². The van der Waals surface area contributed by atoms with Gasteiger partial charge < -0.3 is 19.7 Å². The van der Waals surface area contributed by atoms with E-state index >= 15 is 0 Å². The van der Waals surface area contributed by atoms with Gasteiger partial charge in [0.15, 0.2) is 0 Å². The van der Waals surface area contributed by atoms with E-state index in [1.807, 2.05) is 17.9 Å². The Kier molecular flexibility index (Phi) is 5.46. The van der Waals surface area contributed by atoms with Gasteiger partial charge in [-0.1, -0.05) is 6.07 Å². The summed E-state index contributed by atoms with van der Waals surface area (Å²) in [7, 11) is 3.11. The number of nitrogens with zero attached hydrogens (tertiary/aromatic N) is 4. The second-order valence-electron chi connectivity index (χ2n) is 7.96. The van der Waals surface area contributed by atoms with Gasteiger partial charge in [-0.05, 0) is 50.3 Å². The van der Waals surface area contributed by atoms with Crippen molar-refractivity contribution in [2.24, 2.45) is 7.05 Å². The number of carbonyl (C=O) groups is 2. The molecule has 160 valence electrons. The van der Waals surface area contributed by atoms with Gasteiger partial charge in [0.05, 0.1) is 12.7 Å². The van der Waals surface area contributed by atoms with Gasteiger partial charge in [0.1, 0.15) is 0 Å². The van der Waals surface area contributed by atoms with Crippen LogP contribution in [0.5, 0.6) is 6.01 Å². The Hall–Kier alpha value is -2.94. The SMILES string of the molecule is COc1nc(C(=O)Nc2cc(C(=O)N3CCC4(CCCO4)CC3)ccc2C)nn1C. The Morgan fingerprint density at radius 3 is 2.63 bits per heavy atom. The molecule has 2 aromatic rings. The fourth-order valence-corrected chi connectivity index (χ4v) is 4.16. The predicted octanol–water partition coefficient (Wildman–Crippen LogP) is 2.17. The van der Waals surface area contributed by atoms with Gasteiger partial charge in [-0.15, -0.1) is 5.10 Å². The Morgan fingerprint density at radius 1 is 1.23 bits per heavy atom. The molecule has 1 N–H and O–H groups in total. The van der Waals surface area contributed by atoms with Crippen molar-refractivity contribution < 1.29 is 19.1 Å². The monoisotopic (exact) mass is 413 g/mol. The van der Waals surface area contributed by atoms with Crippen molar-refractivity contribution in [1.82, 2.24) is 19.7 Å². The number of methoxy groups -OCH3 is 1. The van der Waals surface area contributed by atoms with Crippen molar-refractivity contribution in [2.45, 2.75) is 38.2 Å². The highest BCUT2D eigenvalue weighted by molar-refractivity contribution is 6.03. The van der Waals surface area contributed by atoms with E-state index < -0.39 is 5.91 Å². The molecule has 2 fully saturated rings. The lowest BCUT2D eigenvalue weighted by Gasteiger charge is -2.38. The number of ether oxygens (including phenoxy) is 2. The van der Waals surface area contributed by atoms with Crippen molar-refractivity contribution in [2.75, 3.05) is 32.1 Å². The lowest BCUT2D eigenvalue weighted by molar-refractivity contribution is -0.0387. The fourth-order valence-electron chi connectivity index (χ4n) is 4.16. The van der Waals surface area contributed by atoms with Gasteiger partial charge in [0, 0.05) is 38.0 Å². The van der Waals surface area contributed by atoms with E-state index in [1.54, 1.807) is 19.2 Å². The summed E-state index contributed by atoms with van der Waals surface area (Å²) in [4.78, 5) is 31.5. The molecule has 3 heterocycles. The third-order valence-electron chi connectivity index (χ3n) is 5.99. The van der Waals surface area contributed by atoms with Crippen LogP contribution in [0.25, 0.3) is 0 Å². The summed E-state index contributed by atoms with van der Waals surface area (Å²) >= 11 is 0. The van der Waals surface area contributed by atoms with Crippen LogP contribution in [-0.2, 0) is 11.8 Å². The Bertz CT molecular complexity index is 954. The molecule has 2 amide bonds. The van der Waals surface area contributed by atoms with Crippen LogP contribution in [0.2, 0.25) is 0 Å². The summed E-state index contributed by atoms with van der Waals surface area (Å²) in [6.45, 7) is 4.07. The summed E-state index contributed by atoms with van der Waals surface area (Å²) in [6.07, 6.45) is 3.94. The molecule has 2 aliphatic heterocycles. The Labute approximate surface area is 175 Å². The van der Waals surface area contributed by atoms with Gasteiger partial charge in [-0.25, -0.2) is 4.68 Å². The second kappa shape index (κ2) is 8.06. The zero-order chi connectivity index (χ0) is 21.3. The molecule has 1 spiro atoms. The van der Waals surface area contributed by atoms with Gasteiger partial charge >= 0.3 is 6.01 Å². The number of rotatable bonds is 4. The summed E-state index contributed by atoms with van der Waals surface area (Å²) in [5, 5.41) is 6.86. The number of amides is 2. The van der Waals surface area contributed by atoms with Crippen molar-refractivity contribution >= 4 is 17.5 Å². The van der Waals surface area contributed by atoms with Crippen molar-refractivity contribution in [1.29, 1.82) is 0 Å². The molecule has 2 aliphatic rings. The largest absolute Gasteiger partial charge is 0.467 e. The number of benzene rings is 1. The van der Waals surface area contributed by atoms with Gasteiger partial charge in [0.25, 0.3) is 11.8 Å². The maximum absolute atomic E-state index is 13.0. The molecule has 30 heavy (non-hydrogen) atoms. The van der Waals surface area contributed by atoms with E-state index in [0.29, 0.717) is 24.3 Å². The maximum Gasteiger partial charge on any atom is 0.314 e. The maximum atomic E-state index is 13.0. The molecule has 1 aromatic carbocycles. The average molecular weight is 413 g/mol. The van der Waals surface area contributed by atoms with E-state index in [-0.39, 0.29) is 23.3 Å². The number of likely N-dealkylation sites (tertiary alicyclic amines) is 1. The zero-order valence-corrected chi connectivity index (χ0v) is 17.6. The quantitative estimate of drug-likeness (QED) is 0.825. The smallest absolute Gasteiger partial charge is 0.314 e. The van der Waals surface area contributed by atoms with Crippen LogP contribution in [0.15, 0.2) is 18.2 Å². The van der Waals surface area contributed by atoms with E-state index in [1.165, 1.54) is 11.8 Å². The number of carbonyl (C=O) groups excluding carboxylic acids is 2. The van der Waals surface area contributed by atoms with E-state index in [2.05, 4.69) is 15.4 Å². The molecule has 9 heteroatoms. The van der Waals surface area contributed by atoms with Crippen LogP contribution in [0.3, 0.4) is 0 Å². The lowest BCUT2D eigenvalue weighted by atomic mass is 9.88. The first-order valence-electron chi connectivity index (χ1n) is 10.2. The number of aromatic nitrogens is 3. The molecule has 0 bridgehead atoms. The zero-order valence-electron chi connectivity index (χ0n) is 17.6. The van der Waals surface area contributed by atoms with Crippen LogP contribution in [0.4, 0.5) is 5.69 Å². The molecular weight excluding hydrogens is 386 g/mol. The fraction of sp³-hybridized carbons (Fsp3) is 0.524. The molecule has 0 radical (unpaired) electrons. The van der Waals surface area contributed by atoms with Crippen molar-refractivity contribution in [3.05, 3.63) is 35.2 Å². The summed E-state index contributed by atoms with van der Waals surface area (Å²) in [6, 6.07) is 5.59. The number of anilines is 1. The highest BCUT2D eigenvalue weighted by Crippen LogP contribution is 2.36. The van der Waals surface area contributed by atoms with Gasteiger partial charge in [0.2, 0.25) is 5.82 Å². The van der Waals surface area contributed by atoms with Crippen molar-refractivity contribution in [3.63, 3.8) is 0 Å². The number of nitrogens with one attached hydrogen (secondary N) is 1. The molecule has 0 aliphatic carbocycles. The predicted molar refractivity (Wildman–Crippen MR) is 110 cm³/mol. The third-order valence-corrected chi connectivity index (χ3v) is 5.99. The van der Waals surface area contributed by atoms with Crippen LogP contribution < -0.4 is 10.1 Å². The first-order valence-corrected chi connectivity index (χ1v) is 10.2.